The minimum absolute atomic E-state index is 0.226. The van der Waals surface area contributed by atoms with Crippen LogP contribution in [-0.2, 0) is 23.6 Å². The number of nitrogens with zero attached hydrogens (tertiary/aromatic N) is 2. The maximum atomic E-state index is 12.6. The van der Waals surface area contributed by atoms with E-state index in [0.717, 1.165) is 25.0 Å². The first kappa shape index (κ1) is 16.5. The molecule has 2 atom stereocenters. The van der Waals surface area contributed by atoms with Crippen molar-refractivity contribution >= 4 is 10.0 Å². The summed E-state index contributed by atoms with van der Waals surface area (Å²) in [5, 5.41) is 4.92. The fourth-order valence-corrected chi connectivity index (χ4v) is 4.20. The summed E-state index contributed by atoms with van der Waals surface area (Å²) in [5.74, 6) is 0. The van der Waals surface area contributed by atoms with Gasteiger partial charge in [-0.05, 0) is 39.8 Å². The predicted octanol–water partition coefficient (Wildman–Crippen LogP) is 1.20. The molecule has 0 amide bonds. The van der Waals surface area contributed by atoms with E-state index in [0.29, 0.717) is 11.4 Å². The van der Waals surface area contributed by atoms with Crippen molar-refractivity contribution in [2.24, 2.45) is 7.05 Å². The molecule has 7 heteroatoms. The molecule has 1 saturated heterocycles. The summed E-state index contributed by atoms with van der Waals surface area (Å²) in [6.45, 7) is 4.77. The number of piperidine rings is 1. The monoisotopic (exact) mass is 314 g/mol. The molecule has 2 heterocycles. The van der Waals surface area contributed by atoms with Crippen molar-refractivity contribution in [2.45, 2.75) is 56.6 Å². The Morgan fingerprint density at radius 1 is 1.29 bits per heavy atom. The number of aryl methyl sites for hydroxylation is 1. The van der Waals surface area contributed by atoms with Crippen LogP contribution in [0.25, 0.3) is 0 Å². The third-order valence-electron chi connectivity index (χ3n) is 4.17. The summed E-state index contributed by atoms with van der Waals surface area (Å²) in [7, 11) is 0.184. The first-order chi connectivity index (χ1) is 9.85. The minimum Gasteiger partial charge on any atom is -0.352 e. The van der Waals surface area contributed by atoms with Gasteiger partial charge in [0.1, 0.15) is 4.90 Å². The second kappa shape index (κ2) is 6.48. The van der Waals surface area contributed by atoms with Crippen LogP contribution < -0.4 is 10.1 Å². The Labute approximate surface area is 127 Å². The van der Waals surface area contributed by atoms with Gasteiger partial charge in [-0.3, -0.25) is 0 Å². The van der Waals surface area contributed by atoms with Gasteiger partial charge in [-0.25, -0.2) is 13.4 Å². The lowest BCUT2D eigenvalue weighted by atomic mass is 10.0. The van der Waals surface area contributed by atoms with Crippen LogP contribution >= 0.6 is 0 Å². The number of aromatic nitrogens is 1. The highest BCUT2D eigenvalue weighted by Crippen LogP contribution is 2.22. The molecule has 2 rings (SSSR count). The molecule has 2 unspecified atom stereocenters. The molecule has 21 heavy (non-hydrogen) atoms. The second-order valence-corrected chi connectivity index (χ2v) is 7.60. The van der Waals surface area contributed by atoms with Crippen LogP contribution in [0.3, 0.4) is 0 Å². The molecule has 2 N–H and O–H groups in total. The summed E-state index contributed by atoms with van der Waals surface area (Å²) >= 11 is 0. The highest BCUT2D eigenvalue weighted by Gasteiger charge is 2.29. The molecule has 0 aromatic carbocycles. The molecular formula is C14H26N4O2S. The van der Waals surface area contributed by atoms with Gasteiger partial charge in [-0.2, -0.15) is 0 Å². The Balaban J connectivity index is 2.19. The summed E-state index contributed by atoms with van der Waals surface area (Å²) in [6, 6.07) is 2.17. The Bertz CT molecular complexity index is 572. The normalized spacial score (nSPS) is 24.4. The fourth-order valence-electron chi connectivity index (χ4n) is 2.87. The number of hydrogen-bond donors (Lipinski definition) is 2. The lowest BCUT2D eigenvalue weighted by molar-refractivity contribution is 0.0790. The minimum atomic E-state index is -3.52. The van der Waals surface area contributed by atoms with Crippen LogP contribution in [0.15, 0.2) is 17.2 Å². The molecule has 0 saturated carbocycles. The number of hydrogen-bond acceptors (Lipinski definition) is 4. The molecule has 1 aromatic rings. The molecule has 1 fully saturated rings. The predicted molar refractivity (Wildman–Crippen MR) is 83.1 cm³/mol. The Kier molecular flexibility index (Phi) is 5.08. The van der Waals surface area contributed by atoms with E-state index in [1.54, 1.807) is 12.3 Å². The summed E-state index contributed by atoms with van der Waals surface area (Å²) in [5.41, 5.74) is 0.942. The van der Waals surface area contributed by atoms with Crippen molar-refractivity contribution in [3.05, 3.63) is 18.0 Å². The van der Waals surface area contributed by atoms with E-state index in [-0.39, 0.29) is 12.1 Å². The number of hydrazine groups is 1. The van der Waals surface area contributed by atoms with Gasteiger partial charge in [0.05, 0.1) is 0 Å². The number of sulfonamides is 1. The molecular weight excluding hydrogens is 288 g/mol. The van der Waals surface area contributed by atoms with Crippen molar-refractivity contribution in [1.82, 2.24) is 19.7 Å². The van der Waals surface area contributed by atoms with Gasteiger partial charge in [0.2, 0.25) is 0 Å². The van der Waals surface area contributed by atoms with E-state index in [4.69, 9.17) is 0 Å². The van der Waals surface area contributed by atoms with Gasteiger partial charge in [0.15, 0.2) is 0 Å². The van der Waals surface area contributed by atoms with Crippen molar-refractivity contribution in [2.75, 3.05) is 7.05 Å². The smallest absolute Gasteiger partial charge is 0.254 e. The SMILES string of the molecule is CNCc1cc(S(=O)(=O)NN2C(C)CCCC2C)cn1C. The second-order valence-electron chi connectivity index (χ2n) is 5.94. The van der Waals surface area contributed by atoms with Crippen LogP contribution in [0.1, 0.15) is 38.8 Å². The van der Waals surface area contributed by atoms with Crippen LogP contribution in [0.2, 0.25) is 0 Å². The average molecular weight is 314 g/mol. The van der Waals surface area contributed by atoms with E-state index in [2.05, 4.69) is 24.0 Å². The van der Waals surface area contributed by atoms with E-state index in [1.807, 2.05) is 23.7 Å². The zero-order valence-electron chi connectivity index (χ0n) is 13.3. The molecule has 1 aromatic heterocycles. The Hall–Kier alpha value is -0.890. The first-order valence-corrected chi connectivity index (χ1v) is 8.94. The molecule has 120 valence electrons. The first-order valence-electron chi connectivity index (χ1n) is 7.45. The molecule has 0 spiro atoms. The highest BCUT2D eigenvalue weighted by molar-refractivity contribution is 7.89. The summed E-state index contributed by atoms with van der Waals surface area (Å²) in [4.78, 5) is 3.09. The molecule has 1 aliphatic heterocycles. The lowest BCUT2D eigenvalue weighted by Crippen LogP contribution is -2.53. The third kappa shape index (κ3) is 3.66. The van der Waals surface area contributed by atoms with E-state index in [9.17, 15) is 8.42 Å². The van der Waals surface area contributed by atoms with Crippen LogP contribution in [0.4, 0.5) is 0 Å². The van der Waals surface area contributed by atoms with Gasteiger partial charge in [-0.15, -0.1) is 4.83 Å². The largest absolute Gasteiger partial charge is 0.352 e. The topological polar surface area (TPSA) is 66.4 Å². The van der Waals surface area contributed by atoms with Crippen LogP contribution in [-0.4, -0.2) is 37.1 Å². The van der Waals surface area contributed by atoms with Crippen molar-refractivity contribution in [1.29, 1.82) is 0 Å². The molecule has 0 aliphatic carbocycles. The maximum Gasteiger partial charge on any atom is 0.254 e. The molecule has 1 aliphatic rings. The third-order valence-corrected chi connectivity index (χ3v) is 5.47. The van der Waals surface area contributed by atoms with Gasteiger partial charge in [0.25, 0.3) is 10.0 Å². The molecule has 0 radical (unpaired) electrons. The van der Waals surface area contributed by atoms with Crippen LogP contribution in [0.5, 0.6) is 0 Å². The molecule has 0 bridgehead atoms. The number of nitrogens with one attached hydrogen (secondary N) is 2. The fraction of sp³-hybridized carbons (Fsp3) is 0.714. The van der Waals surface area contributed by atoms with E-state index < -0.39 is 10.0 Å². The summed E-state index contributed by atoms with van der Waals surface area (Å²) < 4.78 is 27.0. The summed E-state index contributed by atoms with van der Waals surface area (Å²) in [6.07, 6.45) is 4.85. The zero-order chi connectivity index (χ0) is 15.6. The van der Waals surface area contributed by atoms with Crippen molar-refractivity contribution in [3.8, 4) is 0 Å². The van der Waals surface area contributed by atoms with Crippen LogP contribution in [0, 0.1) is 0 Å². The Morgan fingerprint density at radius 2 is 1.90 bits per heavy atom. The highest BCUT2D eigenvalue weighted by atomic mass is 32.2. The zero-order valence-corrected chi connectivity index (χ0v) is 14.1. The van der Waals surface area contributed by atoms with E-state index >= 15 is 0 Å². The van der Waals surface area contributed by atoms with Crippen molar-refractivity contribution in [3.63, 3.8) is 0 Å². The Morgan fingerprint density at radius 3 is 2.48 bits per heavy atom. The maximum absolute atomic E-state index is 12.6. The quantitative estimate of drug-likeness (QED) is 0.857. The van der Waals surface area contributed by atoms with Gasteiger partial charge < -0.3 is 9.88 Å². The standard InChI is InChI=1S/C14H26N4O2S/c1-11-6-5-7-12(2)18(11)16-21(19,20)14-8-13(9-15-3)17(4)10-14/h8,10-12,15-16H,5-7,9H2,1-4H3. The van der Waals surface area contributed by atoms with E-state index in [1.165, 1.54) is 0 Å². The number of rotatable bonds is 5. The average Bonchev–Trinajstić information content (AvgIpc) is 2.77. The lowest BCUT2D eigenvalue weighted by Gasteiger charge is -2.38. The van der Waals surface area contributed by atoms with Gasteiger partial charge in [0, 0.05) is 37.6 Å². The van der Waals surface area contributed by atoms with Gasteiger partial charge >= 0.3 is 0 Å². The van der Waals surface area contributed by atoms with Crippen molar-refractivity contribution < 1.29 is 8.42 Å². The van der Waals surface area contributed by atoms with Gasteiger partial charge in [-0.1, -0.05) is 6.42 Å². The molecule has 6 nitrogen and oxygen atoms in total.